The van der Waals surface area contributed by atoms with E-state index in [4.69, 9.17) is 29.9 Å². The number of anilines is 1. The van der Waals surface area contributed by atoms with Gasteiger partial charge in [-0.2, -0.15) is 0 Å². The van der Waals surface area contributed by atoms with Gasteiger partial charge in [0.25, 0.3) is 5.91 Å². The number of ether oxygens (including phenoxy) is 3. The molecule has 1 aromatic carbocycles. The van der Waals surface area contributed by atoms with E-state index in [1.165, 1.54) is 12.1 Å². The maximum atomic E-state index is 13.7. The third kappa shape index (κ3) is 5.65. The van der Waals surface area contributed by atoms with Crippen LogP contribution < -0.4 is 16.4 Å². The summed E-state index contributed by atoms with van der Waals surface area (Å²) in [7, 11) is 0. The molecule has 4 heterocycles. The predicted molar refractivity (Wildman–Crippen MR) is 145 cm³/mol. The molecule has 0 unspecified atom stereocenters. The highest BCUT2D eigenvalue weighted by Gasteiger charge is 2.55. The van der Waals surface area contributed by atoms with Crippen LogP contribution in [0.4, 0.5) is 10.3 Å². The van der Waals surface area contributed by atoms with Gasteiger partial charge in [0.15, 0.2) is 11.4 Å². The molecule has 0 spiro atoms. The van der Waals surface area contributed by atoms with Crippen LogP contribution in [0, 0.1) is 11.2 Å². The lowest BCUT2D eigenvalue weighted by molar-refractivity contribution is -0.240. The molecule has 1 saturated carbocycles. The van der Waals surface area contributed by atoms with Crippen molar-refractivity contribution in [3.8, 4) is 22.6 Å². The minimum Gasteiger partial charge on any atom is -0.448 e. The Labute approximate surface area is 235 Å². The van der Waals surface area contributed by atoms with Crippen molar-refractivity contribution in [2.75, 3.05) is 31.6 Å². The molecule has 5 N–H and O–H groups in total. The number of rotatable bonds is 8. The molecule has 6 rings (SSSR count). The van der Waals surface area contributed by atoms with Crippen LogP contribution in [0.15, 0.2) is 36.5 Å². The number of hydrogen-bond donors (Lipinski definition) is 4. The largest absolute Gasteiger partial charge is 0.448 e. The molecular formula is C28H32FN7O5. The minimum atomic E-state index is -1.23. The quantitative estimate of drug-likeness (QED) is 0.298. The highest BCUT2D eigenvalue weighted by atomic mass is 19.1. The number of esters is 1. The number of nitrogens with two attached hydrogens (primary N) is 1. The van der Waals surface area contributed by atoms with Crippen molar-refractivity contribution in [1.82, 2.24) is 25.3 Å². The summed E-state index contributed by atoms with van der Waals surface area (Å²) in [5, 5.41) is 6.75. The molecular weight excluding hydrogens is 533 g/mol. The topological polar surface area (TPSA) is 166 Å². The van der Waals surface area contributed by atoms with E-state index in [0.717, 1.165) is 25.9 Å². The molecule has 2 saturated heterocycles. The fourth-order valence-electron chi connectivity index (χ4n) is 4.92. The number of nitrogens with zero attached hydrogens (tertiary/aromatic N) is 3. The van der Waals surface area contributed by atoms with Gasteiger partial charge in [0.2, 0.25) is 12.2 Å². The Morgan fingerprint density at radius 2 is 1.80 bits per heavy atom. The van der Waals surface area contributed by atoms with Crippen LogP contribution in [0.2, 0.25) is 0 Å². The zero-order chi connectivity index (χ0) is 28.6. The van der Waals surface area contributed by atoms with E-state index in [0.29, 0.717) is 47.3 Å². The molecule has 1 aliphatic carbocycles. The van der Waals surface area contributed by atoms with Gasteiger partial charge in [0.1, 0.15) is 11.2 Å². The van der Waals surface area contributed by atoms with Crippen LogP contribution in [0.5, 0.6) is 0 Å². The Hall–Kier alpha value is -3.94. The third-order valence-electron chi connectivity index (χ3n) is 7.69. The van der Waals surface area contributed by atoms with Crippen LogP contribution in [0.3, 0.4) is 0 Å². The number of carbonyl (C=O) groups is 2. The summed E-state index contributed by atoms with van der Waals surface area (Å²) in [6.45, 7) is 3.47. The number of amides is 1. The number of benzene rings is 1. The van der Waals surface area contributed by atoms with Gasteiger partial charge in [-0.1, -0.05) is 0 Å². The molecule has 3 aliphatic rings. The lowest BCUT2D eigenvalue weighted by Crippen LogP contribution is -2.47. The second kappa shape index (κ2) is 10.8. The lowest BCUT2D eigenvalue weighted by Gasteiger charge is -2.35. The van der Waals surface area contributed by atoms with E-state index in [9.17, 15) is 14.0 Å². The average Bonchev–Trinajstić information content (AvgIpc) is 3.63. The van der Waals surface area contributed by atoms with E-state index in [1.807, 2.05) is 0 Å². The van der Waals surface area contributed by atoms with Crippen molar-refractivity contribution < 1.29 is 28.2 Å². The first-order valence-corrected chi connectivity index (χ1v) is 13.7. The average molecular weight is 566 g/mol. The van der Waals surface area contributed by atoms with Gasteiger partial charge in [0.05, 0.1) is 30.3 Å². The van der Waals surface area contributed by atoms with E-state index >= 15 is 0 Å². The standard InChI is InChI=1S/C28H32FN7O5/c1-27(25(38)41-28(9-10-28)24(30)37)14-39-23(40-15-27)22-35-20(16-2-4-17(29)5-3-16)21(36-22)19-8-13-32-26(34-19)33-18-6-11-31-12-7-18/h2-5,8,13,18,23,31H,6-7,9-12,14-15H2,1H3,(H2,30,37)(H,35,36)(H,32,33,34). The van der Waals surface area contributed by atoms with Gasteiger partial charge in [-0.15, -0.1) is 0 Å². The maximum absolute atomic E-state index is 13.7. The number of hydrogen-bond acceptors (Lipinski definition) is 10. The summed E-state index contributed by atoms with van der Waals surface area (Å²) in [5.41, 5.74) is 5.41. The first-order chi connectivity index (χ1) is 19.7. The van der Waals surface area contributed by atoms with Crippen molar-refractivity contribution >= 4 is 17.8 Å². The summed E-state index contributed by atoms with van der Waals surface area (Å²) in [4.78, 5) is 41.7. The number of carbonyl (C=O) groups excluding carboxylic acids is 2. The Kier molecular flexibility index (Phi) is 7.18. The molecule has 1 amide bonds. The highest BCUT2D eigenvalue weighted by molar-refractivity contribution is 5.90. The van der Waals surface area contributed by atoms with Gasteiger partial charge < -0.3 is 35.6 Å². The van der Waals surface area contributed by atoms with Crippen LogP contribution in [0.25, 0.3) is 22.6 Å². The lowest BCUT2D eigenvalue weighted by atomic mass is 9.92. The fraction of sp³-hybridized carbons (Fsp3) is 0.464. The molecule has 0 radical (unpaired) electrons. The molecule has 12 nitrogen and oxygen atoms in total. The summed E-state index contributed by atoms with van der Waals surface area (Å²) >= 11 is 0. The number of aromatic amines is 1. The fourth-order valence-corrected chi connectivity index (χ4v) is 4.92. The second-order valence-electron chi connectivity index (χ2n) is 11.0. The third-order valence-corrected chi connectivity index (χ3v) is 7.69. The number of H-pyrrole nitrogens is 1. The Bertz CT molecular complexity index is 1430. The first kappa shape index (κ1) is 27.2. The number of aromatic nitrogens is 4. The van der Waals surface area contributed by atoms with Crippen LogP contribution in [-0.2, 0) is 23.8 Å². The summed E-state index contributed by atoms with van der Waals surface area (Å²) in [5.74, 6) is -0.762. The molecule has 41 heavy (non-hydrogen) atoms. The molecule has 3 aromatic rings. The molecule has 2 aromatic heterocycles. The van der Waals surface area contributed by atoms with Gasteiger partial charge in [-0.25, -0.2) is 19.3 Å². The van der Waals surface area contributed by atoms with E-state index in [-0.39, 0.29) is 25.1 Å². The van der Waals surface area contributed by atoms with E-state index < -0.39 is 29.2 Å². The number of halogens is 1. The Morgan fingerprint density at radius 1 is 1.10 bits per heavy atom. The van der Waals surface area contributed by atoms with Gasteiger partial charge in [-0.05, 0) is 63.2 Å². The van der Waals surface area contributed by atoms with Gasteiger partial charge in [-0.3, -0.25) is 9.59 Å². The van der Waals surface area contributed by atoms with Gasteiger partial charge in [0, 0.05) is 30.6 Å². The summed E-state index contributed by atoms with van der Waals surface area (Å²) in [6, 6.07) is 8.03. The molecule has 3 fully saturated rings. The van der Waals surface area contributed by atoms with Crippen LogP contribution >= 0.6 is 0 Å². The second-order valence-corrected chi connectivity index (χ2v) is 11.0. The van der Waals surface area contributed by atoms with Crippen molar-refractivity contribution in [1.29, 1.82) is 0 Å². The monoisotopic (exact) mass is 565 g/mol. The molecule has 0 bridgehead atoms. The molecule has 2 aliphatic heterocycles. The number of primary amides is 1. The highest BCUT2D eigenvalue weighted by Crippen LogP contribution is 2.42. The van der Waals surface area contributed by atoms with E-state index in [2.05, 4.69) is 20.6 Å². The van der Waals surface area contributed by atoms with Gasteiger partial charge >= 0.3 is 5.97 Å². The minimum absolute atomic E-state index is 0.0227. The van der Waals surface area contributed by atoms with Crippen LogP contribution in [-0.4, -0.2) is 69.8 Å². The normalized spacial score (nSPS) is 24.0. The van der Waals surface area contributed by atoms with Crippen molar-refractivity contribution in [3.63, 3.8) is 0 Å². The first-order valence-electron chi connectivity index (χ1n) is 13.7. The molecule has 13 heteroatoms. The van der Waals surface area contributed by atoms with Crippen molar-refractivity contribution in [2.24, 2.45) is 11.1 Å². The smallest absolute Gasteiger partial charge is 0.317 e. The molecule has 0 atom stereocenters. The SMILES string of the molecule is CC1(C(=O)OC2(C(N)=O)CC2)COC(c2nc(-c3ccc(F)cc3)c(-c3ccnc(NC4CCNCC4)n3)[nH]2)OC1. The number of nitrogens with one attached hydrogen (secondary N) is 3. The number of piperidine rings is 1. The molecule has 216 valence electrons. The maximum Gasteiger partial charge on any atom is 0.317 e. The number of imidazole rings is 1. The van der Waals surface area contributed by atoms with E-state index in [1.54, 1.807) is 31.3 Å². The van der Waals surface area contributed by atoms with Crippen molar-refractivity contribution in [2.45, 2.75) is 50.5 Å². The Morgan fingerprint density at radius 3 is 2.46 bits per heavy atom. The zero-order valence-electron chi connectivity index (χ0n) is 22.6. The Balaban J connectivity index is 1.24. The predicted octanol–water partition coefficient (Wildman–Crippen LogP) is 2.45. The van der Waals surface area contributed by atoms with Crippen molar-refractivity contribution in [3.05, 3.63) is 48.2 Å². The zero-order valence-corrected chi connectivity index (χ0v) is 22.6. The van der Waals surface area contributed by atoms with Crippen LogP contribution in [0.1, 0.15) is 44.7 Å². The summed E-state index contributed by atoms with van der Waals surface area (Å²) < 4.78 is 31.0. The summed E-state index contributed by atoms with van der Waals surface area (Å²) in [6.07, 6.45) is 3.51.